The Morgan fingerprint density at radius 3 is 2.14 bits per heavy atom. The summed E-state index contributed by atoms with van der Waals surface area (Å²) < 4.78 is 5.94. The van der Waals surface area contributed by atoms with E-state index in [0.29, 0.717) is 0 Å². The van der Waals surface area contributed by atoms with Gasteiger partial charge in [0.2, 0.25) is 0 Å². The van der Waals surface area contributed by atoms with Crippen molar-refractivity contribution in [1.82, 2.24) is 4.90 Å². The molecule has 1 rings (SSSR count). The number of nitrogens with zero attached hydrogens (tertiary/aromatic N) is 1. The standard InChI is InChI=1S/C19H35NOSi/c1-5-9-15-21-17-20(16-19-13-11-10-12-14-19)18-22(6-2,7-3)8-4/h10-14H,5-9,15-18H2,1-4H3. The minimum atomic E-state index is -1.16. The van der Waals surface area contributed by atoms with Gasteiger partial charge in [-0.05, 0) is 18.2 Å². The molecule has 0 amide bonds. The molecule has 1 aromatic carbocycles. The van der Waals surface area contributed by atoms with Crippen molar-refractivity contribution in [3.63, 3.8) is 0 Å². The van der Waals surface area contributed by atoms with Gasteiger partial charge in [0.1, 0.15) is 0 Å². The molecule has 0 aromatic heterocycles. The van der Waals surface area contributed by atoms with E-state index < -0.39 is 8.07 Å². The molecule has 0 atom stereocenters. The summed E-state index contributed by atoms with van der Waals surface area (Å²) in [6, 6.07) is 14.9. The Morgan fingerprint density at radius 2 is 1.59 bits per heavy atom. The van der Waals surface area contributed by atoms with E-state index in [0.717, 1.165) is 26.3 Å². The van der Waals surface area contributed by atoms with Gasteiger partial charge in [-0.1, -0.05) is 82.6 Å². The normalized spacial score (nSPS) is 12.0. The third kappa shape index (κ3) is 6.63. The van der Waals surface area contributed by atoms with E-state index in [1.54, 1.807) is 0 Å². The van der Waals surface area contributed by atoms with Gasteiger partial charge >= 0.3 is 0 Å². The third-order valence-corrected chi connectivity index (χ3v) is 10.6. The summed E-state index contributed by atoms with van der Waals surface area (Å²) in [7, 11) is -1.16. The monoisotopic (exact) mass is 321 g/mol. The van der Waals surface area contributed by atoms with E-state index in [1.165, 1.54) is 36.3 Å². The van der Waals surface area contributed by atoms with Crippen LogP contribution in [0.2, 0.25) is 18.1 Å². The fourth-order valence-electron chi connectivity index (χ4n) is 2.99. The Kier molecular flexibility index (Phi) is 9.68. The summed E-state index contributed by atoms with van der Waals surface area (Å²) in [6.45, 7) is 12.1. The second-order valence-electron chi connectivity index (χ2n) is 6.42. The minimum absolute atomic E-state index is 0.781. The molecule has 3 heteroatoms. The highest BCUT2D eigenvalue weighted by Gasteiger charge is 2.29. The molecule has 0 bridgehead atoms. The van der Waals surface area contributed by atoms with Gasteiger partial charge in [-0.3, -0.25) is 4.90 Å². The third-order valence-electron chi connectivity index (χ3n) is 4.97. The summed E-state index contributed by atoms with van der Waals surface area (Å²) in [4.78, 5) is 2.55. The van der Waals surface area contributed by atoms with Crippen molar-refractivity contribution in [1.29, 1.82) is 0 Å². The lowest BCUT2D eigenvalue weighted by molar-refractivity contribution is 0.0315. The fourth-order valence-corrected chi connectivity index (χ4v) is 6.31. The van der Waals surface area contributed by atoms with Gasteiger partial charge in [0, 0.05) is 13.2 Å². The predicted molar refractivity (Wildman–Crippen MR) is 99.8 cm³/mol. The van der Waals surface area contributed by atoms with Crippen LogP contribution in [0.25, 0.3) is 0 Å². The van der Waals surface area contributed by atoms with Gasteiger partial charge in [0.05, 0.1) is 14.8 Å². The van der Waals surface area contributed by atoms with Gasteiger partial charge < -0.3 is 4.74 Å². The average molecular weight is 322 g/mol. The molecule has 126 valence electrons. The second-order valence-corrected chi connectivity index (χ2v) is 11.9. The molecule has 0 unspecified atom stereocenters. The van der Waals surface area contributed by atoms with Crippen molar-refractivity contribution in [2.75, 3.05) is 19.5 Å². The molecule has 0 N–H and O–H groups in total. The van der Waals surface area contributed by atoms with E-state index >= 15 is 0 Å². The Balaban J connectivity index is 2.68. The van der Waals surface area contributed by atoms with Crippen LogP contribution < -0.4 is 0 Å². The smallest absolute Gasteiger partial charge is 0.0990 e. The highest BCUT2D eigenvalue weighted by molar-refractivity contribution is 6.79. The van der Waals surface area contributed by atoms with E-state index in [1.807, 2.05) is 0 Å². The van der Waals surface area contributed by atoms with E-state index in [4.69, 9.17) is 4.74 Å². The number of benzene rings is 1. The number of hydrogen-bond donors (Lipinski definition) is 0. The molecule has 0 saturated carbocycles. The predicted octanol–water partition coefficient (Wildman–Crippen LogP) is 5.31. The summed E-state index contributed by atoms with van der Waals surface area (Å²) in [5, 5.41) is 0. The van der Waals surface area contributed by atoms with Gasteiger partial charge in [-0.25, -0.2) is 0 Å². The second kappa shape index (κ2) is 11.0. The van der Waals surface area contributed by atoms with Crippen molar-refractivity contribution in [3.8, 4) is 0 Å². The first-order valence-electron chi connectivity index (χ1n) is 9.03. The highest BCUT2D eigenvalue weighted by Crippen LogP contribution is 2.22. The zero-order valence-corrected chi connectivity index (χ0v) is 16.1. The van der Waals surface area contributed by atoms with Crippen molar-refractivity contribution in [2.45, 2.75) is 65.2 Å². The van der Waals surface area contributed by atoms with Crippen LogP contribution in [-0.2, 0) is 11.3 Å². The Bertz CT molecular complexity index is 370. The van der Waals surface area contributed by atoms with Crippen molar-refractivity contribution < 1.29 is 4.74 Å². The Labute approximate surface area is 138 Å². The number of unbranched alkanes of at least 4 members (excludes halogenated alkanes) is 1. The Morgan fingerprint density at radius 1 is 0.955 bits per heavy atom. The van der Waals surface area contributed by atoms with Crippen LogP contribution in [0.15, 0.2) is 30.3 Å². The topological polar surface area (TPSA) is 12.5 Å². The van der Waals surface area contributed by atoms with E-state index in [2.05, 4.69) is 62.9 Å². The van der Waals surface area contributed by atoms with Crippen LogP contribution in [0.4, 0.5) is 0 Å². The number of rotatable bonds is 12. The van der Waals surface area contributed by atoms with Gasteiger partial charge in [-0.2, -0.15) is 0 Å². The first-order chi connectivity index (χ1) is 10.7. The van der Waals surface area contributed by atoms with Crippen LogP contribution >= 0.6 is 0 Å². The number of hydrogen-bond acceptors (Lipinski definition) is 2. The fraction of sp³-hybridized carbons (Fsp3) is 0.684. The molecule has 0 fully saturated rings. The summed E-state index contributed by atoms with van der Waals surface area (Å²) in [5.41, 5.74) is 1.40. The lowest BCUT2D eigenvalue weighted by atomic mass is 10.2. The zero-order valence-electron chi connectivity index (χ0n) is 15.1. The quantitative estimate of drug-likeness (QED) is 0.294. The van der Waals surface area contributed by atoms with Gasteiger partial charge in [-0.15, -0.1) is 0 Å². The van der Waals surface area contributed by atoms with Crippen LogP contribution in [0.1, 0.15) is 46.1 Å². The summed E-state index contributed by atoms with van der Waals surface area (Å²) >= 11 is 0. The lowest BCUT2D eigenvalue weighted by Crippen LogP contribution is -2.46. The molecule has 0 aliphatic heterocycles. The molecule has 0 aliphatic carbocycles. The van der Waals surface area contributed by atoms with Crippen molar-refractivity contribution in [2.24, 2.45) is 0 Å². The maximum absolute atomic E-state index is 5.94. The van der Waals surface area contributed by atoms with E-state index in [9.17, 15) is 0 Å². The largest absolute Gasteiger partial charge is 0.366 e. The molecule has 0 radical (unpaired) electrons. The summed E-state index contributed by atoms with van der Waals surface area (Å²) in [6.07, 6.45) is 3.63. The van der Waals surface area contributed by atoms with E-state index in [-0.39, 0.29) is 0 Å². The lowest BCUT2D eigenvalue weighted by Gasteiger charge is -2.35. The van der Waals surface area contributed by atoms with Crippen LogP contribution in [0.3, 0.4) is 0 Å². The zero-order chi connectivity index (χ0) is 16.3. The number of ether oxygens (including phenoxy) is 1. The molecule has 22 heavy (non-hydrogen) atoms. The molecule has 0 saturated heterocycles. The first kappa shape index (κ1) is 19.4. The molecule has 2 nitrogen and oxygen atoms in total. The molecule has 1 aromatic rings. The molecular formula is C19H35NOSi. The van der Waals surface area contributed by atoms with Gasteiger partial charge in [0.25, 0.3) is 0 Å². The van der Waals surface area contributed by atoms with Crippen LogP contribution in [0.5, 0.6) is 0 Å². The van der Waals surface area contributed by atoms with Crippen LogP contribution in [0, 0.1) is 0 Å². The van der Waals surface area contributed by atoms with Crippen molar-refractivity contribution >= 4 is 8.07 Å². The van der Waals surface area contributed by atoms with Crippen molar-refractivity contribution in [3.05, 3.63) is 35.9 Å². The maximum atomic E-state index is 5.94. The van der Waals surface area contributed by atoms with Crippen LogP contribution in [-0.4, -0.2) is 32.5 Å². The maximum Gasteiger partial charge on any atom is 0.0990 e. The Hall–Kier alpha value is -0.643. The molecule has 0 heterocycles. The minimum Gasteiger partial charge on any atom is -0.366 e. The average Bonchev–Trinajstić information content (AvgIpc) is 2.57. The first-order valence-corrected chi connectivity index (χ1v) is 11.9. The SMILES string of the molecule is CCCCOCN(Cc1ccccc1)C[Si](CC)(CC)CC. The molecule has 0 spiro atoms. The van der Waals surface area contributed by atoms with Gasteiger partial charge in [0.15, 0.2) is 0 Å². The summed E-state index contributed by atoms with van der Waals surface area (Å²) in [5.74, 6) is 0. The molecular weight excluding hydrogens is 286 g/mol. The highest BCUT2D eigenvalue weighted by atomic mass is 28.3. The molecule has 0 aliphatic rings.